The van der Waals surface area contributed by atoms with Crippen LogP contribution in [0.15, 0.2) is 30.1 Å². The Hall–Kier alpha value is -3.25. The van der Waals surface area contributed by atoms with E-state index in [0.29, 0.717) is 0 Å². The van der Waals surface area contributed by atoms with Crippen LogP contribution in [0.1, 0.15) is 19.3 Å². The first-order valence-corrected chi connectivity index (χ1v) is 11.1. The maximum absolute atomic E-state index is 14.0. The first kappa shape index (κ1) is 27.0. The van der Waals surface area contributed by atoms with E-state index in [1.165, 1.54) is 6.08 Å². The van der Waals surface area contributed by atoms with Gasteiger partial charge in [0.2, 0.25) is 5.90 Å². The minimum atomic E-state index is -0.963. The Morgan fingerprint density at radius 3 is 2.59 bits per heavy atom. The van der Waals surface area contributed by atoms with Crippen LogP contribution < -0.4 is 15.4 Å². The third-order valence-electron chi connectivity index (χ3n) is 5.64. The van der Waals surface area contributed by atoms with E-state index in [2.05, 4.69) is 34.5 Å². The highest BCUT2D eigenvalue weighted by Gasteiger charge is 2.25. The Kier molecular flexibility index (Phi) is 10.2. The van der Waals surface area contributed by atoms with Gasteiger partial charge in [-0.3, -0.25) is 20.8 Å². The van der Waals surface area contributed by atoms with Crippen molar-refractivity contribution in [3.05, 3.63) is 46.0 Å². The minimum absolute atomic E-state index is 0.105. The van der Waals surface area contributed by atoms with Gasteiger partial charge in [0, 0.05) is 45.4 Å². The number of nitrogens with zero attached hydrogens (tertiary/aromatic N) is 4. The molecule has 11 nitrogen and oxygen atoms in total. The van der Waals surface area contributed by atoms with Gasteiger partial charge < -0.3 is 24.8 Å². The molecule has 1 aromatic rings. The second-order valence-electron chi connectivity index (χ2n) is 8.42. The van der Waals surface area contributed by atoms with Gasteiger partial charge in [-0.15, -0.1) is 0 Å². The number of nitrogens with one attached hydrogen (secondary N) is 3. The molecule has 0 atom stereocenters. The Morgan fingerprint density at radius 1 is 1.35 bits per heavy atom. The van der Waals surface area contributed by atoms with E-state index in [4.69, 9.17) is 10.1 Å². The number of halogens is 1. The van der Waals surface area contributed by atoms with Crippen LogP contribution in [0.4, 0.5) is 14.9 Å². The number of carbonyl (C=O) groups is 1. The summed E-state index contributed by atoms with van der Waals surface area (Å²) in [7, 11) is 7.44. The number of hydrogen-bond donors (Lipinski definition) is 3. The average molecular weight is 480 g/mol. The quantitative estimate of drug-likeness (QED) is 0.203. The largest absolute Gasteiger partial charge is 0.436 e. The highest BCUT2D eigenvalue weighted by Crippen LogP contribution is 2.22. The lowest BCUT2D eigenvalue weighted by Gasteiger charge is -2.37. The second kappa shape index (κ2) is 12.8. The minimum Gasteiger partial charge on any atom is -0.436 e. The molecule has 0 aliphatic carbocycles. The van der Waals surface area contributed by atoms with E-state index in [1.54, 1.807) is 19.0 Å². The van der Waals surface area contributed by atoms with Crippen molar-refractivity contribution in [2.45, 2.75) is 25.3 Å². The van der Waals surface area contributed by atoms with Crippen LogP contribution in [0.25, 0.3) is 0 Å². The average Bonchev–Trinajstić information content (AvgIpc) is 2.79. The Labute approximate surface area is 199 Å². The number of ether oxygens (including phenoxy) is 1. The van der Waals surface area contributed by atoms with Gasteiger partial charge in [0.05, 0.1) is 11.0 Å². The standard InChI is InChI=1S/C22H34FN7O4/c1-25-21(15-20(24)34-19-7-6-17(30(32)33)14-18(19)23)26-22(31)28(4)16-8-12-29(13-9-16)11-5-10-27(2)3/h6-7,14-16,24-25H,5,8-13H2,1-4H3,(H,26,31)/b21-15+,24-20?. The molecule has 0 saturated carbocycles. The zero-order valence-corrected chi connectivity index (χ0v) is 20.1. The molecule has 0 unspecified atom stereocenters. The summed E-state index contributed by atoms with van der Waals surface area (Å²) in [5.41, 5.74) is -0.419. The van der Waals surface area contributed by atoms with Gasteiger partial charge in [-0.25, -0.2) is 9.18 Å². The van der Waals surface area contributed by atoms with E-state index >= 15 is 0 Å². The zero-order chi connectivity index (χ0) is 25.3. The number of likely N-dealkylation sites (tertiary alicyclic amines) is 1. The number of urea groups is 1. The van der Waals surface area contributed by atoms with Crippen molar-refractivity contribution in [2.75, 3.05) is 54.4 Å². The number of piperidine rings is 1. The molecular weight excluding hydrogens is 445 g/mol. The number of carbonyl (C=O) groups excluding carboxylic acids is 1. The molecule has 1 fully saturated rings. The normalized spacial score (nSPS) is 15.2. The van der Waals surface area contributed by atoms with Gasteiger partial charge in [0.15, 0.2) is 11.6 Å². The maximum atomic E-state index is 14.0. The van der Waals surface area contributed by atoms with E-state index in [1.807, 2.05) is 0 Å². The third kappa shape index (κ3) is 8.27. The molecule has 1 heterocycles. The predicted molar refractivity (Wildman–Crippen MR) is 127 cm³/mol. The first-order chi connectivity index (χ1) is 16.1. The summed E-state index contributed by atoms with van der Waals surface area (Å²) < 4.78 is 19.1. The van der Waals surface area contributed by atoms with E-state index in [-0.39, 0.29) is 23.6 Å². The third-order valence-corrected chi connectivity index (χ3v) is 5.64. The SMILES string of the molecule is CN/C(=C\C(=N)Oc1ccc([N+](=O)[O-])cc1F)NC(=O)N(C)C1CCN(CCCN(C)C)CC1. The molecule has 34 heavy (non-hydrogen) atoms. The molecule has 3 N–H and O–H groups in total. The van der Waals surface area contributed by atoms with Gasteiger partial charge in [0.25, 0.3) is 5.69 Å². The highest BCUT2D eigenvalue weighted by molar-refractivity contribution is 5.88. The van der Waals surface area contributed by atoms with Gasteiger partial charge in [-0.05, 0) is 52.5 Å². The summed E-state index contributed by atoms with van der Waals surface area (Å²) in [6.07, 6.45) is 4.06. The Balaban J connectivity index is 1.87. The zero-order valence-electron chi connectivity index (χ0n) is 20.1. The van der Waals surface area contributed by atoms with Crippen molar-refractivity contribution in [3.63, 3.8) is 0 Å². The number of rotatable bonds is 10. The van der Waals surface area contributed by atoms with Gasteiger partial charge in [-0.2, -0.15) is 0 Å². The van der Waals surface area contributed by atoms with Crippen molar-refractivity contribution in [2.24, 2.45) is 0 Å². The monoisotopic (exact) mass is 479 g/mol. The predicted octanol–water partition coefficient (Wildman–Crippen LogP) is 2.21. The number of nitro benzene ring substituents is 1. The van der Waals surface area contributed by atoms with E-state index in [9.17, 15) is 19.3 Å². The molecule has 1 aromatic carbocycles. The lowest BCUT2D eigenvalue weighted by molar-refractivity contribution is -0.385. The van der Waals surface area contributed by atoms with Crippen LogP contribution >= 0.6 is 0 Å². The summed E-state index contributed by atoms with van der Waals surface area (Å²) in [6, 6.07) is 2.65. The van der Waals surface area contributed by atoms with Crippen molar-refractivity contribution >= 4 is 17.6 Å². The molecule has 1 aliphatic rings. The van der Waals surface area contributed by atoms with Gasteiger partial charge >= 0.3 is 6.03 Å². The summed E-state index contributed by atoms with van der Waals surface area (Å²) in [6.45, 7) is 3.97. The molecule has 2 amide bonds. The smallest absolute Gasteiger partial charge is 0.322 e. The number of benzene rings is 1. The van der Waals surface area contributed by atoms with Crippen LogP contribution in [0.2, 0.25) is 0 Å². The highest BCUT2D eigenvalue weighted by atomic mass is 19.1. The topological polar surface area (TPSA) is 127 Å². The van der Waals surface area contributed by atoms with Crippen LogP contribution in [-0.2, 0) is 0 Å². The lowest BCUT2D eigenvalue weighted by atomic mass is 10.0. The van der Waals surface area contributed by atoms with Crippen LogP contribution in [0, 0.1) is 21.3 Å². The van der Waals surface area contributed by atoms with Gasteiger partial charge in [0.1, 0.15) is 5.82 Å². The Bertz CT molecular complexity index is 901. The molecule has 1 aliphatic heterocycles. The maximum Gasteiger partial charge on any atom is 0.322 e. The summed E-state index contributed by atoms with van der Waals surface area (Å²) >= 11 is 0. The number of non-ortho nitro benzene ring substituents is 1. The van der Waals surface area contributed by atoms with E-state index in [0.717, 1.165) is 63.6 Å². The van der Waals surface area contributed by atoms with Gasteiger partial charge in [-0.1, -0.05) is 0 Å². The van der Waals surface area contributed by atoms with Crippen LogP contribution in [-0.4, -0.2) is 92.0 Å². The molecular formula is C22H34FN7O4. The summed E-state index contributed by atoms with van der Waals surface area (Å²) in [4.78, 5) is 28.9. The molecule has 2 rings (SSSR count). The fourth-order valence-electron chi connectivity index (χ4n) is 3.65. The number of amides is 2. The Morgan fingerprint density at radius 2 is 2.03 bits per heavy atom. The fourth-order valence-corrected chi connectivity index (χ4v) is 3.65. The molecule has 0 bridgehead atoms. The van der Waals surface area contributed by atoms with Crippen molar-refractivity contribution in [1.29, 1.82) is 5.41 Å². The van der Waals surface area contributed by atoms with Crippen LogP contribution in [0.5, 0.6) is 5.75 Å². The number of hydrogen-bond acceptors (Lipinski definition) is 8. The second-order valence-corrected chi connectivity index (χ2v) is 8.42. The summed E-state index contributed by atoms with van der Waals surface area (Å²) in [5.74, 6) is -1.55. The molecule has 1 saturated heterocycles. The van der Waals surface area contributed by atoms with Crippen molar-refractivity contribution in [3.8, 4) is 5.75 Å². The first-order valence-electron chi connectivity index (χ1n) is 11.1. The molecule has 188 valence electrons. The van der Waals surface area contributed by atoms with E-state index < -0.39 is 22.3 Å². The van der Waals surface area contributed by atoms with Crippen LogP contribution in [0.3, 0.4) is 0 Å². The number of nitro groups is 1. The van der Waals surface area contributed by atoms with Crippen molar-refractivity contribution in [1.82, 2.24) is 25.3 Å². The molecule has 0 spiro atoms. The molecule has 12 heteroatoms. The fraction of sp³-hybridized carbons (Fsp3) is 0.545. The molecule has 0 aromatic heterocycles. The lowest BCUT2D eigenvalue weighted by Crippen LogP contribution is -2.49. The molecule has 0 radical (unpaired) electrons. The van der Waals surface area contributed by atoms with Crippen molar-refractivity contribution < 1.29 is 18.8 Å². The summed E-state index contributed by atoms with van der Waals surface area (Å²) in [5, 5.41) is 24.1.